The molecule has 1 aromatic heterocycles. The summed E-state index contributed by atoms with van der Waals surface area (Å²) >= 11 is 5.03. The van der Waals surface area contributed by atoms with Crippen LogP contribution >= 0.6 is 11.6 Å². The van der Waals surface area contributed by atoms with Gasteiger partial charge in [-0.05, 0) is 30.9 Å². The van der Waals surface area contributed by atoms with Crippen molar-refractivity contribution in [3.05, 3.63) is 17.5 Å². The van der Waals surface area contributed by atoms with Crippen LogP contribution in [0.25, 0.3) is 0 Å². The van der Waals surface area contributed by atoms with E-state index in [9.17, 15) is 13.6 Å². The standard InChI is InChI=1S/C10H11ClF2N2O2/c1-17-9(16)7-5-14-15(6-3-2-4-6)8(7)10(11,12)13/h5-6H,2-4H2,1H3. The largest absolute Gasteiger partial charge is 0.465 e. The topological polar surface area (TPSA) is 44.1 Å². The van der Waals surface area contributed by atoms with E-state index in [4.69, 9.17) is 11.6 Å². The van der Waals surface area contributed by atoms with Gasteiger partial charge >= 0.3 is 11.4 Å². The van der Waals surface area contributed by atoms with Crippen molar-refractivity contribution in [2.45, 2.75) is 30.7 Å². The summed E-state index contributed by atoms with van der Waals surface area (Å²) in [5, 5.41) is 0.196. The quantitative estimate of drug-likeness (QED) is 0.623. The molecule has 7 heteroatoms. The highest BCUT2D eigenvalue weighted by Gasteiger charge is 2.40. The summed E-state index contributed by atoms with van der Waals surface area (Å²) in [5.41, 5.74) is -0.852. The second kappa shape index (κ2) is 4.25. The van der Waals surface area contributed by atoms with Gasteiger partial charge in [-0.2, -0.15) is 13.9 Å². The second-order valence-corrected chi connectivity index (χ2v) is 4.40. The van der Waals surface area contributed by atoms with Crippen molar-refractivity contribution in [3.63, 3.8) is 0 Å². The van der Waals surface area contributed by atoms with E-state index in [1.165, 1.54) is 0 Å². The Morgan fingerprint density at radius 2 is 2.29 bits per heavy atom. The Hall–Kier alpha value is -1.17. The summed E-state index contributed by atoms with van der Waals surface area (Å²) in [6.45, 7) is 0. The van der Waals surface area contributed by atoms with Crippen LogP contribution in [-0.4, -0.2) is 22.9 Å². The van der Waals surface area contributed by atoms with Crippen molar-refractivity contribution >= 4 is 17.6 Å². The fraction of sp³-hybridized carbons (Fsp3) is 0.600. The Kier molecular flexibility index (Phi) is 3.07. The van der Waals surface area contributed by atoms with Crippen LogP contribution in [0.15, 0.2) is 6.20 Å². The maximum Gasteiger partial charge on any atom is 0.365 e. The summed E-state index contributed by atoms with van der Waals surface area (Å²) in [6.07, 6.45) is 3.58. The van der Waals surface area contributed by atoms with Crippen LogP contribution in [0.3, 0.4) is 0 Å². The first-order valence-electron chi connectivity index (χ1n) is 5.18. The lowest BCUT2D eigenvalue weighted by Crippen LogP contribution is -2.25. The van der Waals surface area contributed by atoms with E-state index < -0.39 is 17.0 Å². The van der Waals surface area contributed by atoms with Crippen LogP contribution in [0.4, 0.5) is 8.78 Å². The van der Waals surface area contributed by atoms with E-state index in [0.717, 1.165) is 37.3 Å². The number of ether oxygens (including phenoxy) is 1. The van der Waals surface area contributed by atoms with E-state index in [-0.39, 0.29) is 11.6 Å². The molecular weight excluding hydrogens is 254 g/mol. The summed E-state index contributed by atoms with van der Waals surface area (Å²) < 4.78 is 32.2. The molecule has 0 aromatic carbocycles. The summed E-state index contributed by atoms with van der Waals surface area (Å²) in [7, 11) is 1.12. The van der Waals surface area contributed by atoms with Gasteiger partial charge in [-0.1, -0.05) is 0 Å². The SMILES string of the molecule is COC(=O)c1cnn(C2CCC2)c1C(F)(F)Cl. The third kappa shape index (κ3) is 2.13. The number of esters is 1. The number of alkyl halides is 3. The van der Waals surface area contributed by atoms with E-state index in [0.29, 0.717) is 0 Å². The van der Waals surface area contributed by atoms with Crippen molar-refractivity contribution in [1.29, 1.82) is 0 Å². The number of aromatic nitrogens is 2. The number of halogens is 3. The van der Waals surface area contributed by atoms with Crippen molar-refractivity contribution in [2.24, 2.45) is 0 Å². The van der Waals surface area contributed by atoms with Gasteiger partial charge < -0.3 is 4.74 Å². The maximum absolute atomic E-state index is 13.3. The van der Waals surface area contributed by atoms with Crippen LogP contribution in [0.1, 0.15) is 41.4 Å². The minimum atomic E-state index is -3.63. The smallest absolute Gasteiger partial charge is 0.365 e. The lowest BCUT2D eigenvalue weighted by atomic mass is 9.93. The molecule has 1 aromatic rings. The first kappa shape index (κ1) is 12.3. The monoisotopic (exact) mass is 264 g/mol. The van der Waals surface area contributed by atoms with Crippen LogP contribution in [-0.2, 0) is 10.1 Å². The van der Waals surface area contributed by atoms with Crippen molar-refractivity contribution in [2.75, 3.05) is 7.11 Å². The van der Waals surface area contributed by atoms with Crippen LogP contribution in [0.5, 0.6) is 0 Å². The molecule has 94 valence electrons. The van der Waals surface area contributed by atoms with Gasteiger partial charge in [0.1, 0.15) is 11.3 Å². The third-order valence-corrected chi connectivity index (χ3v) is 3.07. The van der Waals surface area contributed by atoms with Gasteiger partial charge in [0.15, 0.2) is 0 Å². The van der Waals surface area contributed by atoms with E-state index >= 15 is 0 Å². The third-order valence-electron chi connectivity index (χ3n) is 2.89. The molecule has 1 saturated carbocycles. The van der Waals surface area contributed by atoms with Gasteiger partial charge in [-0.3, -0.25) is 4.68 Å². The first-order valence-corrected chi connectivity index (χ1v) is 5.56. The second-order valence-electron chi connectivity index (χ2n) is 3.93. The molecule has 1 fully saturated rings. The summed E-state index contributed by atoms with van der Waals surface area (Å²) in [6, 6.07) is -0.104. The highest BCUT2D eigenvalue weighted by Crippen LogP contribution is 2.40. The highest BCUT2D eigenvalue weighted by molar-refractivity contribution is 6.22. The highest BCUT2D eigenvalue weighted by atomic mass is 35.5. The molecule has 0 N–H and O–H groups in total. The molecule has 2 rings (SSSR count). The van der Waals surface area contributed by atoms with E-state index in [1.54, 1.807) is 0 Å². The van der Waals surface area contributed by atoms with Crippen molar-refractivity contribution in [3.8, 4) is 0 Å². The zero-order valence-corrected chi connectivity index (χ0v) is 9.88. The molecule has 0 radical (unpaired) electrons. The molecule has 0 saturated heterocycles. The minimum absolute atomic E-state index is 0.104. The molecule has 0 atom stereocenters. The predicted molar refractivity (Wildman–Crippen MR) is 56.2 cm³/mol. The van der Waals surface area contributed by atoms with Gasteiger partial charge in [0, 0.05) is 0 Å². The Labute approximate surface area is 101 Å². The molecule has 1 aliphatic carbocycles. The molecule has 1 aliphatic rings. The minimum Gasteiger partial charge on any atom is -0.465 e. The average molecular weight is 265 g/mol. The lowest BCUT2D eigenvalue weighted by Gasteiger charge is -2.28. The Balaban J connectivity index is 2.47. The lowest BCUT2D eigenvalue weighted by molar-refractivity contribution is 0.0548. The van der Waals surface area contributed by atoms with Gasteiger partial charge in [-0.15, -0.1) is 0 Å². The molecular formula is C10H11ClF2N2O2. The van der Waals surface area contributed by atoms with Gasteiger partial charge in [0.2, 0.25) is 0 Å². The molecule has 0 bridgehead atoms. The summed E-state index contributed by atoms with van der Waals surface area (Å²) in [5.74, 6) is -0.856. The van der Waals surface area contributed by atoms with Crippen LogP contribution in [0, 0.1) is 0 Å². The molecule has 0 spiro atoms. The molecule has 1 heterocycles. The molecule has 4 nitrogen and oxygen atoms in total. The Bertz CT molecular complexity index is 438. The number of rotatable bonds is 3. The number of carbonyl (C=O) groups excluding carboxylic acids is 1. The van der Waals surface area contributed by atoms with Crippen molar-refractivity contribution < 1.29 is 18.3 Å². The zero-order chi connectivity index (χ0) is 12.6. The zero-order valence-electron chi connectivity index (χ0n) is 9.12. The number of hydrogen-bond donors (Lipinski definition) is 0. The average Bonchev–Trinajstić information content (AvgIpc) is 2.57. The molecule has 0 aliphatic heterocycles. The molecule has 17 heavy (non-hydrogen) atoms. The normalized spacial score (nSPS) is 16.7. The molecule has 0 unspecified atom stereocenters. The maximum atomic E-state index is 13.3. The van der Waals surface area contributed by atoms with Crippen molar-refractivity contribution in [1.82, 2.24) is 9.78 Å². The predicted octanol–water partition coefficient (Wildman–Crippen LogP) is 2.68. The van der Waals surface area contributed by atoms with E-state index in [2.05, 4.69) is 9.84 Å². The number of nitrogens with zero attached hydrogens (tertiary/aromatic N) is 2. The fourth-order valence-corrected chi connectivity index (χ4v) is 2.00. The van der Waals surface area contributed by atoms with Crippen LogP contribution in [0.2, 0.25) is 0 Å². The van der Waals surface area contributed by atoms with E-state index in [1.807, 2.05) is 0 Å². The molecule has 0 amide bonds. The summed E-state index contributed by atoms with van der Waals surface area (Å²) in [4.78, 5) is 11.4. The Morgan fingerprint density at radius 3 is 2.71 bits per heavy atom. The van der Waals surface area contributed by atoms with Gasteiger partial charge in [0.05, 0.1) is 19.3 Å². The van der Waals surface area contributed by atoms with Crippen LogP contribution < -0.4 is 0 Å². The van der Waals surface area contributed by atoms with Gasteiger partial charge in [-0.25, -0.2) is 4.79 Å². The Morgan fingerprint density at radius 1 is 1.65 bits per heavy atom. The number of methoxy groups -OCH3 is 1. The fourth-order valence-electron chi connectivity index (χ4n) is 1.81. The van der Waals surface area contributed by atoms with Gasteiger partial charge in [0.25, 0.3) is 0 Å². The number of hydrogen-bond acceptors (Lipinski definition) is 3. The first-order chi connectivity index (χ1) is 7.95. The number of carbonyl (C=O) groups is 1.